The third-order valence-corrected chi connectivity index (χ3v) is 7.40. The molecule has 0 saturated heterocycles. The SMILES string of the molecule is Cc1ccc(S(=O)(=O)O/N=C(/C(=O)c2ccc(OCc3cnccn3)c3ccccc23)c2ccc(C(=O)O)cc2)cc1. The summed E-state index contributed by atoms with van der Waals surface area (Å²) in [4.78, 5) is 33.5. The number of ketones is 1. The van der Waals surface area contributed by atoms with Gasteiger partial charge in [-0.2, -0.15) is 8.42 Å². The van der Waals surface area contributed by atoms with Crippen LogP contribution >= 0.6 is 0 Å². The maximum atomic E-state index is 14.0. The number of ether oxygens (including phenoxy) is 1. The van der Waals surface area contributed by atoms with Crippen LogP contribution < -0.4 is 4.74 Å². The highest BCUT2D eigenvalue weighted by atomic mass is 32.2. The van der Waals surface area contributed by atoms with E-state index in [4.69, 9.17) is 9.02 Å². The number of fused-ring (bicyclic) bond motifs is 1. The summed E-state index contributed by atoms with van der Waals surface area (Å²) in [5.41, 5.74) is 1.48. The molecule has 0 bridgehead atoms. The van der Waals surface area contributed by atoms with Gasteiger partial charge in [-0.3, -0.25) is 19.0 Å². The highest BCUT2D eigenvalue weighted by molar-refractivity contribution is 7.86. The molecule has 0 aliphatic carbocycles. The molecule has 5 rings (SSSR count). The van der Waals surface area contributed by atoms with E-state index in [-0.39, 0.29) is 33.9 Å². The van der Waals surface area contributed by atoms with Crippen molar-refractivity contribution in [3.05, 3.63) is 131 Å². The number of benzene rings is 4. The number of oxime groups is 1. The number of carbonyl (C=O) groups is 2. The summed E-state index contributed by atoms with van der Waals surface area (Å²) in [6.07, 6.45) is 4.70. The fraction of sp³-hybridized carbons (Fsp3) is 0.0645. The van der Waals surface area contributed by atoms with Gasteiger partial charge in [0.1, 0.15) is 17.3 Å². The van der Waals surface area contributed by atoms with E-state index in [1.807, 2.05) is 6.92 Å². The zero-order chi connectivity index (χ0) is 29.7. The first-order valence-electron chi connectivity index (χ1n) is 12.6. The van der Waals surface area contributed by atoms with E-state index in [2.05, 4.69) is 15.1 Å². The van der Waals surface area contributed by atoms with E-state index in [9.17, 15) is 23.1 Å². The largest absolute Gasteiger partial charge is 0.487 e. The number of aromatic nitrogens is 2. The van der Waals surface area contributed by atoms with Gasteiger partial charge in [0.25, 0.3) is 0 Å². The van der Waals surface area contributed by atoms with Crippen molar-refractivity contribution < 1.29 is 32.1 Å². The van der Waals surface area contributed by atoms with Gasteiger partial charge in [0.15, 0.2) is 5.71 Å². The number of rotatable bonds is 10. The first-order chi connectivity index (χ1) is 20.2. The third-order valence-electron chi connectivity index (χ3n) is 6.28. The maximum absolute atomic E-state index is 14.0. The van der Waals surface area contributed by atoms with Gasteiger partial charge in [-0.05, 0) is 48.7 Å². The summed E-state index contributed by atoms with van der Waals surface area (Å²) in [7, 11) is -4.37. The summed E-state index contributed by atoms with van der Waals surface area (Å²) < 4.78 is 36.7. The van der Waals surface area contributed by atoms with Crippen molar-refractivity contribution in [2.24, 2.45) is 5.16 Å². The first kappa shape index (κ1) is 28.1. The minimum atomic E-state index is -4.37. The Bertz CT molecular complexity index is 1910. The highest BCUT2D eigenvalue weighted by Crippen LogP contribution is 2.30. The smallest absolute Gasteiger partial charge is 0.358 e. The average Bonchev–Trinajstić information content (AvgIpc) is 3.00. The number of carbonyl (C=O) groups excluding carboxylic acids is 1. The van der Waals surface area contributed by atoms with Crippen molar-refractivity contribution in [2.45, 2.75) is 18.4 Å². The minimum Gasteiger partial charge on any atom is -0.487 e. The van der Waals surface area contributed by atoms with Crippen LogP contribution in [0.2, 0.25) is 0 Å². The van der Waals surface area contributed by atoms with Crippen LogP contribution in [0, 0.1) is 6.92 Å². The van der Waals surface area contributed by atoms with Crippen molar-refractivity contribution in [3.8, 4) is 5.75 Å². The molecule has 5 aromatic rings. The molecular weight excluding hydrogens is 558 g/mol. The van der Waals surface area contributed by atoms with Crippen LogP contribution in [0.25, 0.3) is 10.8 Å². The Morgan fingerprint density at radius 3 is 2.21 bits per heavy atom. The molecule has 0 fully saturated rings. The van der Waals surface area contributed by atoms with Crippen LogP contribution in [0.3, 0.4) is 0 Å². The molecule has 0 amide bonds. The van der Waals surface area contributed by atoms with E-state index >= 15 is 0 Å². The Kier molecular flexibility index (Phi) is 8.02. The van der Waals surface area contributed by atoms with Gasteiger partial charge in [-0.1, -0.05) is 59.3 Å². The number of hydrogen-bond donors (Lipinski definition) is 1. The van der Waals surface area contributed by atoms with Crippen molar-refractivity contribution in [1.82, 2.24) is 9.97 Å². The third kappa shape index (κ3) is 6.16. The van der Waals surface area contributed by atoms with Crippen LogP contribution in [0.4, 0.5) is 0 Å². The van der Waals surface area contributed by atoms with E-state index in [1.54, 1.807) is 67.1 Å². The van der Waals surface area contributed by atoms with Crippen molar-refractivity contribution in [2.75, 3.05) is 0 Å². The summed E-state index contributed by atoms with van der Waals surface area (Å²) in [5, 5.41) is 14.3. The Morgan fingerprint density at radius 2 is 1.55 bits per heavy atom. The topological polar surface area (TPSA) is 145 Å². The molecule has 0 unspecified atom stereocenters. The summed E-state index contributed by atoms with van der Waals surface area (Å²) in [6.45, 7) is 1.96. The maximum Gasteiger partial charge on any atom is 0.358 e. The Morgan fingerprint density at radius 1 is 0.857 bits per heavy atom. The zero-order valence-electron chi connectivity index (χ0n) is 22.2. The lowest BCUT2D eigenvalue weighted by atomic mass is 9.95. The monoisotopic (exact) mass is 581 g/mol. The molecular formula is C31H23N3O7S. The Balaban J connectivity index is 1.54. The molecule has 0 aliphatic heterocycles. The lowest BCUT2D eigenvalue weighted by Gasteiger charge is -2.13. The van der Waals surface area contributed by atoms with E-state index in [0.717, 1.165) is 5.56 Å². The lowest BCUT2D eigenvalue weighted by Crippen LogP contribution is -2.18. The first-order valence-corrected chi connectivity index (χ1v) is 14.0. The minimum absolute atomic E-state index is 0.0196. The number of aryl methyl sites for hydroxylation is 1. The molecule has 1 N–H and O–H groups in total. The molecule has 0 saturated carbocycles. The molecule has 1 aromatic heterocycles. The Hall–Kier alpha value is -5.42. The number of aromatic carboxylic acids is 1. The summed E-state index contributed by atoms with van der Waals surface area (Å²) in [6, 6.07) is 21.5. The van der Waals surface area contributed by atoms with E-state index in [1.165, 1.54) is 36.4 Å². The van der Waals surface area contributed by atoms with E-state index < -0.39 is 21.9 Å². The molecule has 42 heavy (non-hydrogen) atoms. The van der Waals surface area contributed by atoms with Gasteiger partial charge in [-0.15, -0.1) is 0 Å². The number of Topliss-reactive ketones (excluding diaryl/α,β-unsaturated/α-hetero) is 1. The highest BCUT2D eigenvalue weighted by Gasteiger charge is 2.24. The standard InChI is InChI=1S/C31H23N3O7S/c1-20-6-12-24(13-7-20)42(38,39)41-34-29(21-8-10-22(11-9-21)31(36)37)30(35)27-14-15-28(26-5-3-2-4-25(26)27)40-19-23-18-32-16-17-33-23/h2-18H,19H2,1H3,(H,36,37)/b34-29+. The van der Waals surface area contributed by atoms with Crippen LogP contribution in [-0.4, -0.2) is 41.0 Å². The number of hydrogen-bond acceptors (Lipinski definition) is 9. The normalized spacial score (nSPS) is 11.7. The number of carboxylic acid groups (broad SMARTS) is 1. The zero-order valence-corrected chi connectivity index (χ0v) is 23.0. The second-order valence-electron chi connectivity index (χ2n) is 9.14. The van der Waals surface area contributed by atoms with Crippen LogP contribution in [0.1, 0.15) is 37.5 Å². The summed E-state index contributed by atoms with van der Waals surface area (Å²) in [5.74, 6) is -1.31. The number of nitrogens with zero attached hydrogens (tertiary/aromatic N) is 3. The molecule has 4 aromatic carbocycles. The van der Waals surface area contributed by atoms with Crippen LogP contribution in [-0.2, 0) is 21.0 Å². The van der Waals surface area contributed by atoms with Crippen LogP contribution in [0.15, 0.2) is 114 Å². The fourth-order valence-electron chi connectivity index (χ4n) is 4.11. The van der Waals surface area contributed by atoms with Gasteiger partial charge in [0, 0.05) is 28.9 Å². The van der Waals surface area contributed by atoms with E-state index in [0.29, 0.717) is 22.2 Å². The molecule has 0 aliphatic rings. The molecule has 0 radical (unpaired) electrons. The second-order valence-corrected chi connectivity index (χ2v) is 10.7. The van der Waals surface area contributed by atoms with Gasteiger partial charge in [0.05, 0.1) is 17.5 Å². The van der Waals surface area contributed by atoms with Crippen molar-refractivity contribution >= 4 is 38.4 Å². The molecule has 0 spiro atoms. The van der Waals surface area contributed by atoms with Crippen molar-refractivity contribution in [3.63, 3.8) is 0 Å². The van der Waals surface area contributed by atoms with Crippen molar-refractivity contribution in [1.29, 1.82) is 0 Å². The lowest BCUT2D eigenvalue weighted by molar-refractivity contribution is 0.0696. The summed E-state index contributed by atoms with van der Waals surface area (Å²) >= 11 is 0. The quantitative estimate of drug-likeness (QED) is 0.133. The molecule has 1 heterocycles. The predicted octanol–water partition coefficient (Wildman–Crippen LogP) is 5.21. The van der Waals surface area contributed by atoms with Gasteiger partial charge in [0.2, 0.25) is 5.78 Å². The fourth-order valence-corrected chi connectivity index (χ4v) is 4.84. The molecule has 10 nitrogen and oxygen atoms in total. The number of carboxylic acids is 1. The Labute approximate surface area is 241 Å². The predicted molar refractivity (Wildman–Crippen MR) is 154 cm³/mol. The van der Waals surface area contributed by atoms with Gasteiger partial charge in [-0.25, -0.2) is 4.79 Å². The second kappa shape index (κ2) is 12.0. The van der Waals surface area contributed by atoms with Crippen LogP contribution in [0.5, 0.6) is 5.75 Å². The molecule has 210 valence electrons. The average molecular weight is 582 g/mol. The molecule has 0 atom stereocenters. The van der Waals surface area contributed by atoms with Gasteiger partial charge >= 0.3 is 16.1 Å². The molecule has 11 heteroatoms. The van der Waals surface area contributed by atoms with Gasteiger partial charge < -0.3 is 9.84 Å².